The van der Waals surface area contributed by atoms with E-state index in [0.717, 1.165) is 0 Å². The Balaban J connectivity index is 2.17. The van der Waals surface area contributed by atoms with Crippen molar-refractivity contribution in [2.75, 3.05) is 12.8 Å². The summed E-state index contributed by atoms with van der Waals surface area (Å²) in [6.07, 6.45) is 0. The normalized spacial score (nSPS) is 20.9. The topological polar surface area (TPSA) is 119 Å². The van der Waals surface area contributed by atoms with E-state index < -0.39 is 17.5 Å². The minimum Gasteiger partial charge on any atom is -0.398 e. The Morgan fingerprint density at radius 3 is 2.80 bits per heavy atom. The van der Waals surface area contributed by atoms with Gasteiger partial charge in [-0.3, -0.25) is 9.59 Å². The van der Waals surface area contributed by atoms with Crippen molar-refractivity contribution in [3.63, 3.8) is 0 Å². The lowest BCUT2D eigenvalue weighted by Crippen LogP contribution is -2.75. The van der Waals surface area contributed by atoms with Gasteiger partial charge >= 0.3 is 0 Å². The van der Waals surface area contributed by atoms with E-state index in [4.69, 9.17) is 5.73 Å². The SMILES string of the molecule is CO/N=C(\C(=O)N[C@@H]1C(=O)NC1(C)C)c1csc(N)n1. The lowest BCUT2D eigenvalue weighted by atomic mass is 9.85. The third kappa shape index (κ3) is 2.57. The number of oxime groups is 1. The van der Waals surface area contributed by atoms with Crippen molar-refractivity contribution in [1.29, 1.82) is 0 Å². The zero-order valence-corrected chi connectivity index (χ0v) is 12.1. The number of hydrogen-bond acceptors (Lipinski definition) is 7. The number of aromatic nitrogens is 1. The van der Waals surface area contributed by atoms with Crippen LogP contribution in [0.2, 0.25) is 0 Å². The number of β-lactam (4-membered cyclic amide) rings is 1. The smallest absolute Gasteiger partial charge is 0.276 e. The highest BCUT2D eigenvalue weighted by Gasteiger charge is 2.47. The van der Waals surface area contributed by atoms with Gasteiger partial charge in [-0.05, 0) is 13.8 Å². The van der Waals surface area contributed by atoms with E-state index in [1.165, 1.54) is 18.4 Å². The summed E-state index contributed by atoms with van der Waals surface area (Å²) in [5.41, 5.74) is 5.33. The maximum absolute atomic E-state index is 12.2. The first kappa shape index (κ1) is 14.3. The molecule has 0 saturated carbocycles. The molecule has 0 bridgehead atoms. The van der Waals surface area contributed by atoms with Gasteiger partial charge in [0.25, 0.3) is 5.91 Å². The Hall–Kier alpha value is -2.16. The number of nitrogens with zero attached hydrogens (tertiary/aromatic N) is 2. The number of anilines is 1. The van der Waals surface area contributed by atoms with Crippen molar-refractivity contribution in [1.82, 2.24) is 15.6 Å². The van der Waals surface area contributed by atoms with Gasteiger partial charge in [-0.15, -0.1) is 11.3 Å². The minimum absolute atomic E-state index is 0.0176. The molecule has 1 saturated heterocycles. The van der Waals surface area contributed by atoms with Crippen LogP contribution in [0.5, 0.6) is 0 Å². The van der Waals surface area contributed by atoms with Gasteiger partial charge < -0.3 is 21.2 Å². The molecule has 0 aromatic carbocycles. The Kier molecular flexibility index (Phi) is 3.62. The molecule has 0 unspecified atom stereocenters. The molecule has 1 aromatic heterocycles. The second-order valence-electron chi connectivity index (χ2n) is 4.81. The van der Waals surface area contributed by atoms with Gasteiger partial charge in [0.1, 0.15) is 18.8 Å². The third-order valence-electron chi connectivity index (χ3n) is 2.87. The number of carbonyl (C=O) groups is 2. The molecule has 108 valence electrons. The number of amides is 2. The molecular weight excluding hydrogens is 282 g/mol. The van der Waals surface area contributed by atoms with E-state index in [-0.39, 0.29) is 11.6 Å². The Labute approximate surface area is 119 Å². The first-order valence-corrected chi connectivity index (χ1v) is 6.68. The standard InChI is InChI=1S/C11H15N5O3S/c1-11(2)7(9(18)15-11)14-8(17)6(16-19-3)5-4-20-10(12)13-5/h4,7H,1-3H3,(H2,12,13)(H,14,17)(H,15,18)/b16-6-/t7-/m1/s1. The molecule has 2 amide bonds. The number of nitrogen functional groups attached to an aromatic ring is 1. The second-order valence-corrected chi connectivity index (χ2v) is 5.70. The largest absolute Gasteiger partial charge is 0.398 e. The van der Waals surface area contributed by atoms with Gasteiger partial charge in [0, 0.05) is 5.38 Å². The summed E-state index contributed by atoms with van der Waals surface area (Å²) in [5.74, 6) is -0.775. The monoisotopic (exact) mass is 297 g/mol. The van der Waals surface area contributed by atoms with Gasteiger partial charge in [-0.25, -0.2) is 4.98 Å². The van der Waals surface area contributed by atoms with E-state index in [9.17, 15) is 9.59 Å². The fourth-order valence-electron chi connectivity index (χ4n) is 1.85. The summed E-state index contributed by atoms with van der Waals surface area (Å²) in [6.45, 7) is 3.63. The van der Waals surface area contributed by atoms with Crippen molar-refractivity contribution >= 4 is 34.0 Å². The quantitative estimate of drug-likeness (QED) is 0.392. The highest BCUT2D eigenvalue weighted by atomic mass is 32.1. The van der Waals surface area contributed by atoms with Crippen LogP contribution in [0.4, 0.5) is 5.13 Å². The molecule has 0 radical (unpaired) electrons. The molecule has 8 nitrogen and oxygen atoms in total. The van der Waals surface area contributed by atoms with Crippen molar-refractivity contribution < 1.29 is 14.4 Å². The minimum atomic E-state index is -0.618. The van der Waals surface area contributed by atoms with Crippen LogP contribution in [0, 0.1) is 0 Å². The fourth-order valence-corrected chi connectivity index (χ4v) is 2.40. The van der Waals surface area contributed by atoms with Crippen molar-refractivity contribution in [3.8, 4) is 0 Å². The molecule has 1 aromatic rings. The first-order chi connectivity index (χ1) is 9.35. The number of rotatable bonds is 4. The molecule has 4 N–H and O–H groups in total. The molecule has 20 heavy (non-hydrogen) atoms. The molecular formula is C11H15N5O3S. The zero-order valence-electron chi connectivity index (χ0n) is 11.3. The molecule has 9 heteroatoms. The van der Waals surface area contributed by atoms with Crippen LogP contribution in [-0.2, 0) is 14.4 Å². The highest BCUT2D eigenvalue weighted by molar-refractivity contribution is 7.13. The molecule has 2 heterocycles. The third-order valence-corrected chi connectivity index (χ3v) is 3.54. The lowest BCUT2D eigenvalue weighted by Gasteiger charge is -2.44. The van der Waals surface area contributed by atoms with Crippen LogP contribution in [-0.4, -0.2) is 41.2 Å². The predicted octanol–water partition coefficient (Wildman–Crippen LogP) is -0.531. The average Bonchev–Trinajstić information content (AvgIpc) is 2.78. The molecule has 0 spiro atoms. The Morgan fingerprint density at radius 1 is 1.65 bits per heavy atom. The number of nitrogens with two attached hydrogens (primary N) is 1. The van der Waals surface area contributed by atoms with Crippen LogP contribution >= 0.6 is 11.3 Å². The number of carbonyl (C=O) groups excluding carboxylic acids is 2. The van der Waals surface area contributed by atoms with Crippen molar-refractivity contribution in [2.24, 2.45) is 5.16 Å². The summed E-state index contributed by atoms with van der Waals surface area (Å²) >= 11 is 1.19. The maximum Gasteiger partial charge on any atom is 0.276 e. The maximum atomic E-state index is 12.2. The van der Waals surface area contributed by atoms with Crippen LogP contribution in [0.3, 0.4) is 0 Å². The van der Waals surface area contributed by atoms with E-state index in [2.05, 4.69) is 25.6 Å². The van der Waals surface area contributed by atoms with Gasteiger partial charge in [0.2, 0.25) is 5.91 Å². The summed E-state index contributed by atoms with van der Waals surface area (Å²) in [5, 5.41) is 10.9. The first-order valence-electron chi connectivity index (χ1n) is 5.80. The number of hydrogen-bond donors (Lipinski definition) is 3. The van der Waals surface area contributed by atoms with Crippen LogP contribution < -0.4 is 16.4 Å². The second kappa shape index (κ2) is 5.08. The Bertz CT molecular complexity index is 580. The predicted molar refractivity (Wildman–Crippen MR) is 74.2 cm³/mol. The van der Waals surface area contributed by atoms with Gasteiger partial charge in [0.15, 0.2) is 10.8 Å². The molecule has 1 aliphatic heterocycles. The summed E-state index contributed by atoms with van der Waals surface area (Å²) in [7, 11) is 1.32. The molecule has 1 aliphatic rings. The summed E-state index contributed by atoms with van der Waals surface area (Å²) < 4.78 is 0. The van der Waals surface area contributed by atoms with Crippen LogP contribution in [0.1, 0.15) is 19.5 Å². The molecule has 2 rings (SSSR count). The summed E-state index contributed by atoms with van der Waals surface area (Å²) in [4.78, 5) is 32.3. The number of nitrogens with one attached hydrogen (secondary N) is 2. The van der Waals surface area contributed by atoms with Crippen molar-refractivity contribution in [2.45, 2.75) is 25.4 Å². The van der Waals surface area contributed by atoms with Crippen LogP contribution in [0.15, 0.2) is 10.5 Å². The van der Waals surface area contributed by atoms with Gasteiger partial charge in [-0.2, -0.15) is 0 Å². The van der Waals surface area contributed by atoms with Crippen molar-refractivity contribution in [3.05, 3.63) is 11.1 Å². The van der Waals surface area contributed by atoms with Gasteiger partial charge in [0.05, 0.1) is 5.54 Å². The van der Waals surface area contributed by atoms with Gasteiger partial charge in [-0.1, -0.05) is 5.16 Å². The van der Waals surface area contributed by atoms with E-state index >= 15 is 0 Å². The zero-order chi connectivity index (χ0) is 14.9. The average molecular weight is 297 g/mol. The number of thiazole rings is 1. The molecule has 1 atom stereocenters. The van der Waals surface area contributed by atoms with Crippen LogP contribution in [0.25, 0.3) is 0 Å². The van der Waals surface area contributed by atoms with E-state index in [1.54, 1.807) is 5.38 Å². The molecule has 1 fully saturated rings. The Morgan fingerprint density at radius 2 is 2.35 bits per heavy atom. The lowest BCUT2D eigenvalue weighted by molar-refractivity contribution is -0.138. The highest BCUT2D eigenvalue weighted by Crippen LogP contribution is 2.19. The van der Waals surface area contributed by atoms with E-state index in [0.29, 0.717) is 10.8 Å². The molecule has 0 aliphatic carbocycles. The fraction of sp³-hybridized carbons (Fsp3) is 0.455. The van der Waals surface area contributed by atoms with E-state index in [1.807, 2.05) is 13.8 Å². The summed E-state index contributed by atoms with van der Waals surface area (Å²) in [6, 6.07) is -0.618.